The SMILES string of the molecule is CCCCCCCCCCCCn1ccnc1C(CCC)(OCCN(C)C)c1cc(OC)c(OC)c(OC)c1. The molecule has 0 amide bonds. The minimum atomic E-state index is -0.737. The van der Waals surface area contributed by atoms with Gasteiger partial charge in [-0.1, -0.05) is 78.1 Å². The molecule has 2 aromatic rings. The zero-order valence-corrected chi connectivity index (χ0v) is 25.9. The zero-order chi connectivity index (χ0) is 28.5. The molecule has 1 aromatic heterocycles. The predicted molar refractivity (Wildman–Crippen MR) is 160 cm³/mol. The predicted octanol–water partition coefficient (Wildman–Crippen LogP) is 7.45. The number of rotatable bonds is 22. The molecule has 39 heavy (non-hydrogen) atoms. The molecule has 0 saturated carbocycles. The van der Waals surface area contributed by atoms with Crippen LogP contribution in [0.4, 0.5) is 0 Å². The third-order valence-corrected chi connectivity index (χ3v) is 7.45. The molecule has 1 aromatic carbocycles. The number of methoxy groups -OCH3 is 3. The van der Waals surface area contributed by atoms with Gasteiger partial charge in [0.1, 0.15) is 5.82 Å². The van der Waals surface area contributed by atoms with Gasteiger partial charge in [-0.25, -0.2) is 4.98 Å². The monoisotopic (exact) mass is 545 g/mol. The molecule has 0 N–H and O–H groups in total. The minimum Gasteiger partial charge on any atom is -0.493 e. The summed E-state index contributed by atoms with van der Waals surface area (Å²) >= 11 is 0. The summed E-state index contributed by atoms with van der Waals surface area (Å²) in [6, 6.07) is 4.04. The first-order chi connectivity index (χ1) is 19.0. The lowest BCUT2D eigenvalue weighted by atomic mass is 9.87. The van der Waals surface area contributed by atoms with E-state index in [0.29, 0.717) is 23.9 Å². The van der Waals surface area contributed by atoms with E-state index in [1.54, 1.807) is 21.3 Å². The number of hydrogen-bond acceptors (Lipinski definition) is 6. The Balaban J connectivity index is 2.27. The summed E-state index contributed by atoms with van der Waals surface area (Å²) in [6.45, 7) is 6.79. The number of aryl methyl sites for hydroxylation is 1. The van der Waals surface area contributed by atoms with Gasteiger partial charge in [-0.2, -0.15) is 0 Å². The van der Waals surface area contributed by atoms with Gasteiger partial charge in [-0.05, 0) is 44.6 Å². The lowest BCUT2D eigenvalue weighted by molar-refractivity contribution is -0.0390. The normalized spacial score (nSPS) is 13.0. The zero-order valence-electron chi connectivity index (χ0n) is 25.9. The summed E-state index contributed by atoms with van der Waals surface area (Å²) < 4.78 is 26.2. The van der Waals surface area contributed by atoms with Crippen LogP contribution in [0.2, 0.25) is 0 Å². The number of likely N-dealkylation sites (N-methyl/N-ethyl adjacent to an activating group) is 1. The van der Waals surface area contributed by atoms with Crippen molar-refractivity contribution in [2.24, 2.45) is 0 Å². The Morgan fingerprint density at radius 2 is 1.38 bits per heavy atom. The first-order valence-electron chi connectivity index (χ1n) is 15.1. The number of nitrogens with zero attached hydrogens (tertiary/aromatic N) is 3. The molecule has 1 unspecified atom stereocenters. The Labute approximate surface area is 238 Å². The Bertz CT molecular complexity index is 905. The molecule has 0 aliphatic rings. The van der Waals surface area contributed by atoms with Crippen molar-refractivity contribution in [2.45, 2.75) is 103 Å². The molecule has 0 saturated heterocycles. The number of imidazole rings is 1. The van der Waals surface area contributed by atoms with Gasteiger partial charge in [0.05, 0.1) is 27.9 Å². The third kappa shape index (κ3) is 9.71. The molecule has 2 rings (SSSR count). The van der Waals surface area contributed by atoms with Crippen molar-refractivity contribution < 1.29 is 18.9 Å². The second kappa shape index (κ2) is 18.2. The van der Waals surface area contributed by atoms with Crippen molar-refractivity contribution >= 4 is 0 Å². The molecular weight excluding hydrogens is 490 g/mol. The van der Waals surface area contributed by atoms with Gasteiger partial charge in [0.25, 0.3) is 0 Å². The van der Waals surface area contributed by atoms with Crippen LogP contribution in [0.25, 0.3) is 0 Å². The Morgan fingerprint density at radius 1 is 0.795 bits per heavy atom. The van der Waals surface area contributed by atoms with Crippen LogP contribution >= 0.6 is 0 Å². The van der Waals surface area contributed by atoms with E-state index in [9.17, 15) is 0 Å². The maximum atomic E-state index is 6.85. The fourth-order valence-electron chi connectivity index (χ4n) is 5.29. The number of hydrogen-bond donors (Lipinski definition) is 0. The van der Waals surface area contributed by atoms with E-state index in [1.165, 1.54) is 57.8 Å². The number of unbranched alkanes of at least 4 members (excludes halogenated alkanes) is 9. The first kappa shape index (κ1) is 33.0. The van der Waals surface area contributed by atoms with Crippen molar-refractivity contribution in [1.82, 2.24) is 14.5 Å². The van der Waals surface area contributed by atoms with E-state index in [4.69, 9.17) is 23.9 Å². The van der Waals surface area contributed by atoms with Crippen molar-refractivity contribution in [3.05, 3.63) is 35.9 Å². The fraction of sp³-hybridized carbons (Fsp3) is 0.719. The fourth-order valence-corrected chi connectivity index (χ4v) is 5.29. The summed E-state index contributed by atoms with van der Waals surface area (Å²) in [5, 5.41) is 0. The minimum absolute atomic E-state index is 0.578. The maximum Gasteiger partial charge on any atom is 0.203 e. The average molecular weight is 546 g/mol. The molecule has 1 heterocycles. The molecule has 0 spiro atoms. The molecule has 7 heteroatoms. The lowest BCUT2D eigenvalue weighted by Crippen LogP contribution is -2.37. The van der Waals surface area contributed by atoms with Crippen LogP contribution in [0, 0.1) is 0 Å². The number of aromatic nitrogens is 2. The smallest absolute Gasteiger partial charge is 0.203 e. The van der Waals surface area contributed by atoms with Crippen LogP contribution in [0.5, 0.6) is 17.2 Å². The topological polar surface area (TPSA) is 58.0 Å². The van der Waals surface area contributed by atoms with Gasteiger partial charge < -0.3 is 28.4 Å². The molecule has 222 valence electrons. The van der Waals surface area contributed by atoms with Gasteiger partial charge in [-0.3, -0.25) is 0 Å². The largest absolute Gasteiger partial charge is 0.493 e. The van der Waals surface area contributed by atoms with Crippen LogP contribution in [0.1, 0.15) is 102 Å². The average Bonchev–Trinajstić information content (AvgIpc) is 3.41. The Hall–Kier alpha value is -2.25. The van der Waals surface area contributed by atoms with Crippen LogP contribution in [0.15, 0.2) is 24.5 Å². The van der Waals surface area contributed by atoms with Gasteiger partial charge in [0, 0.05) is 25.5 Å². The summed E-state index contributed by atoms with van der Waals surface area (Å²) in [5.41, 5.74) is 0.229. The molecular formula is C32H55N3O4. The first-order valence-corrected chi connectivity index (χ1v) is 15.1. The molecule has 0 aliphatic carbocycles. The Morgan fingerprint density at radius 3 is 1.90 bits per heavy atom. The molecule has 0 bridgehead atoms. The number of benzene rings is 1. The molecule has 0 aliphatic heterocycles. The van der Waals surface area contributed by atoms with Crippen LogP contribution in [-0.2, 0) is 16.9 Å². The maximum absolute atomic E-state index is 6.85. The summed E-state index contributed by atoms with van der Waals surface area (Å²) in [6.07, 6.45) is 18.9. The highest BCUT2D eigenvalue weighted by atomic mass is 16.5. The third-order valence-electron chi connectivity index (χ3n) is 7.45. The van der Waals surface area contributed by atoms with Crippen molar-refractivity contribution in [1.29, 1.82) is 0 Å². The Kier molecular flexibility index (Phi) is 15.4. The highest BCUT2D eigenvalue weighted by molar-refractivity contribution is 5.56. The summed E-state index contributed by atoms with van der Waals surface area (Å²) in [7, 11) is 9.07. The summed E-state index contributed by atoms with van der Waals surface area (Å²) in [4.78, 5) is 7.05. The molecule has 0 radical (unpaired) electrons. The van der Waals surface area contributed by atoms with Crippen molar-refractivity contribution in [3.63, 3.8) is 0 Å². The second-order valence-corrected chi connectivity index (χ2v) is 10.8. The van der Waals surface area contributed by atoms with Crippen LogP contribution in [-0.4, -0.2) is 63.0 Å². The van der Waals surface area contributed by atoms with Crippen LogP contribution < -0.4 is 14.2 Å². The van der Waals surface area contributed by atoms with E-state index in [-0.39, 0.29) is 0 Å². The highest BCUT2D eigenvalue weighted by Crippen LogP contribution is 2.45. The number of ether oxygens (including phenoxy) is 4. The lowest BCUT2D eigenvalue weighted by Gasteiger charge is -2.35. The molecule has 0 fully saturated rings. The van der Waals surface area contributed by atoms with Gasteiger partial charge in [0.15, 0.2) is 17.1 Å². The van der Waals surface area contributed by atoms with Crippen molar-refractivity contribution in [3.8, 4) is 17.2 Å². The second-order valence-electron chi connectivity index (χ2n) is 10.8. The highest BCUT2D eigenvalue weighted by Gasteiger charge is 2.40. The van der Waals surface area contributed by atoms with Crippen LogP contribution in [0.3, 0.4) is 0 Å². The van der Waals surface area contributed by atoms with E-state index >= 15 is 0 Å². The van der Waals surface area contributed by atoms with E-state index in [1.807, 2.05) is 18.3 Å². The van der Waals surface area contributed by atoms with E-state index in [0.717, 1.165) is 43.7 Å². The summed E-state index contributed by atoms with van der Waals surface area (Å²) in [5.74, 6) is 2.76. The quantitative estimate of drug-likeness (QED) is 0.143. The van der Waals surface area contributed by atoms with Gasteiger partial charge in [0.2, 0.25) is 5.75 Å². The standard InChI is InChI=1S/C32H55N3O4/c1-8-10-11-12-13-14-15-16-17-18-21-35-22-20-33-31(35)32(19-9-2,39-24-23-34(3)4)27-25-28(36-5)30(38-7)29(26-27)37-6/h20,22,25-26H,8-19,21,23-24H2,1-7H3. The molecule has 7 nitrogen and oxygen atoms in total. The van der Waals surface area contributed by atoms with Gasteiger partial charge >= 0.3 is 0 Å². The van der Waals surface area contributed by atoms with E-state index < -0.39 is 5.60 Å². The van der Waals surface area contributed by atoms with Crippen molar-refractivity contribution in [2.75, 3.05) is 48.6 Å². The van der Waals surface area contributed by atoms with Gasteiger partial charge in [-0.15, -0.1) is 0 Å². The molecule has 1 atom stereocenters. The van der Waals surface area contributed by atoms with E-state index in [2.05, 4.69) is 43.6 Å².